The van der Waals surface area contributed by atoms with Gasteiger partial charge in [-0.25, -0.2) is 14.5 Å². The molecule has 0 unspecified atom stereocenters. The molecule has 2 aromatic carbocycles. The van der Waals surface area contributed by atoms with Crippen molar-refractivity contribution in [1.82, 2.24) is 14.8 Å². The van der Waals surface area contributed by atoms with Crippen molar-refractivity contribution in [3.05, 3.63) is 65.4 Å². The van der Waals surface area contributed by atoms with Crippen LogP contribution in [-0.2, 0) is 6.18 Å². The molecule has 0 aliphatic rings. The molecule has 33 heavy (non-hydrogen) atoms. The van der Waals surface area contributed by atoms with Gasteiger partial charge in [0.15, 0.2) is 17.1 Å². The van der Waals surface area contributed by atoms with E-state index in [9.17, 15) is 18.0 Å². The highest BCUT2D eigenvalue weighted by atomic mass is 19.4. The van der Waals surface area contributed by atoms with Gasteiger partial charge < -0.3 is 14.6 Å². The number of fused-ring (bicyclic) bond motifs is 1. The number of benzene rings is 2. The van der Waals surface area contributed by atoms with Crippen molar-refractivity contribution >= 4 is 17.0 Å². The van der Waals surface area contributed by atoms with E-state index in [1.54, 1.807) is 18.2 Å². The number of hydrogen-bond donors (Lipinski definition) is 1. The Kier molecular flexibility index (Phi) is 5.44. The van der Waals surface area contributed by atoms with Crippen LogP contribution >= 0.6 is 0 Å². The number of methoxy groups -OCH3 is 2. The smallest absolute Gasteiger partial charge is 0.417 e. The van der Waals surface area contributed by atoms with Crippen LogP contribution in [0.25, 0.3) is 28.0 Å². The van der Waals surface area contributed by atoms with Crippen LogP contribution in [0, 0.1) is 6.92 Å². The zero-order valence-corrected chi connectivity index (χ0v) is 17.8. The Hall–Kier alpha value is -4.08. The number of aryl methyl sites for hydroxylation is 1. The Morgan fingerprint density at radius 2 is 1.67 bits per heavy atom. The molecule has 2 heterocycles. The van der Waals surface area contributed by atoms with Gasteiger partial charge in [0.1, 0.15) is 0 Å². The average molecular weight is 457 g/mol. The summed E-state index contributed by atoms with van der Waals surface area (Å²) in [6, 6.07) is 11.3. The Morgan fingerprint density at radius 3 is 2.24 bits per heavy atom. The number of aromatic nitrogens is 3. The molecule has 0 saturated heterocycles. The molecular weight excluding hydrogens is 439 g/mol. The van der Waals surface area contributed by atoms with Gasteiger partial charge in [-0.3, -0.25) is 0 Å². The molecule has 4 rings (SSSR count). The van der Waals surface area contributed by atoms with Crippen molar-refractivity contribution in [2.45, 2.75) is 13.1 Å². The summed E-state index contributed by atoms with van der Waals surface area (Å²) < 4.78 is 53.9. The summed E-state index contributed by atoms with van der Waals surface area (Å²) in [4.78, 5) is 15.6. The summed E-state index contributed by atoms with van der Waals surface area (Å²) in [5.41, 5.74) is 0.153. The quantitative estimate of drug-likeness (QED) is 0.447. The van der Waals surface area contributed by atoms with Crippen LogP contribution in [0.15, 0.2) is 48.5 Å². The molecule has 0 atom stereocenters. The van der Waals surface area contributed by atoms with Gasteiger partial charge in [-0.2, -0.15) is 18.3 Å². The minimum Gasteiger partial charge on any atom is -0.493 e. The first-order valence-corrected chi connectivity index (χ1v) is 9.67. The predicted molar refractivity (Wildman–Crippen MR) is 114 cm³/mol. The third kappa shape index (κ3) is 3.95. The predicted octanol–water partition coefficient (Wildman–Crippen LogP) is 5.13. The number of ether oxygens (including phenoxy) is 2. The number of pyridine rings is 1. The number of carboxylic acids is 1. The first-order valence-electron chi connectivity index (χ1n) is 9.67. The molecule has 2 aromatic heterocycles. The van der Waals surface area contributed by atoms with Gasteiger partial charge in [0.25, 0.3) is 0 Å². The van der Waals surface area contributed by atoms with Gasteiger partial charge in [0.2, 0.25) is 0 Å². The topological polar surface area (TPSA) is 86.5 Å². The molecular formula is C23H18F3N3O4. The largest absolute Gasteiger partial charge is 0.493 e. The number of carboxylic acid groups (broad SMARTS) is 1. The fourth-order valence-corrected chi connectivity index (χ4v) is 3.58. The molecule has 0 amide bonds. The molecule has 7 nitrogen and oxygen atoms in total. The Bertz CT molecular complexity index is 1360. The van der Waals surface area contributed by atoms with Crippen molar-refractivity contribution < 1.29 is 32.5 Å². The fourth-order valence-electron chi connectivity index (χ4n) is 3.58. The SMILES string of the molecule is COc1ccc(-c2cc(C(F)(F)F)c3c(C)nn(-c4ccc(C(=O)O)cc4)c3n2)cc1OC. The van der Waals surface area contributed by atoms with E-state index in [1.807, 2.05) is 0 Å². The lowest BCUT2D eigenvalue weighted by Crippen LogP contribution is -2.08. The Labute approximate surface area is 186 Å². The minimum absolute atomic E-state index is 0.00446. The van der Waals surface area contributed by atoms with Crippen molar-refractivity contribution in [3.63, 3.8) is 0 Å². The van der Waals surface area contributed by atoms with Crippen LogP contribution in [0.2, 0.25) is 0 Å². The highest BCUT2D eigenvalue weighted by molar-refractivity contribution is 5.89. The third-order valence-electron chi connectivity index (χ3n) is 5.16. The van der Waals surface area contributed by atoms with Crippen LogP contribution < -0.4 is 9.47 Å². The standard InChI is InChI=1S/C23H18F3N3O4/c1-12-20-16(23(24,25)26)11-17(14-6-9-18(32-2)19(10-14)33-3)27-21(20)29(28-12)15-7-4-13(5-8-15)22(30)31/h4-11H,1-3H3,(H,30,31). The highest BCUT2D eigenvalue weighted by Gasteiger charge is 2.36. The van der Waals surface area contributed by atoms with E-state index in [2.05, 4.69) is 10.1 Å². The van der Waals surface area contributed by atoms with Gasteiger partial charge in [0.05, 0.1) is 47.8 Å². The molecule has 0 fully saturated rings. The maximum Gasteiger partial charge on any atom is 0.417 e. The summed E-state index contributed by atoms with van der Waals surface area (Å²) in [5, 5.41) is 13.2. The van der Waals surface area contributed by atoms with E-state index in [4.69, 9.17) is 14.6 Å². The molecule has 4 aromatic rings. The number of hydrogen-bond acceptors (Lipinski definition) is 5. The second-order valence-electron chi connectivity index (χ2n) is 7.17. The maximum absolute atomic E-state index is 14.0. The summed E-state index contributed by atoms with van der Waals surface area (Å²) in [5.74, 6) is -0.339. The van der Waals surface area contributed by atoms with Crippen molar-refractivity contribution in [1.29, 1.82) is 0 Å². The second kappa shape index (κ2) is 8.12. The monoisotopic (exact) mass is 457 g/mol. The van der Waals surface area contributed by atoms with Crippen LogP contribution in [-0.4, -0.2) is 40.1 Å². The van der Waals surface area contributed by atoms with Crippen LogP contribution in [0.3, 0.4) is 0 Å². The van der Waals surface area contributed by atoms with Crippen molar-refractivity contribution in [3.8, 4) is 28.4 Å². The molecule has 0 radical (unpaired) electrons. The molecule has 0 aliphatic heterocycles. The van der Waals surface area contributed by atoms with E-state index in [-0.39, 0.29) is 28.0 Å². The van der Waals surface area contributed by atoms with Crippen LogP contribution in [0.1, 0.15) is 21.6 Å². The first-order chi connectivity index (χ1) is 15.6. The summed E-state index contributed by atoms with van der Waals surface area (Å²) >= 11 is 0. The number of alkyl halides is 3. The van der Waals surface area contributed by atoms with Gasteiger partial charge in [-0.05, 0) is 55.5 Å². The lowest BCUT2D eigenvalue weighted by Gasteiger charge is -2.13. The van der Waals surface area contributed by atoms with E-state index in [1.165, 1.54) is 50.1 Å². The van der Waals surface area contributed by atoms with Gasteiger partial charge in [0, 0.05) is 5.56 Å². The summed E-state index contributed by atoms with van der Waals surface area (Å²) in [6.07, 6.45) is -4.65. The number of aromatic carboxylic acids is 1. The number of rotatable bonds is 5. The van der Waals surface area contributed by atoms with E-state index < -0.39 is 17.7 Å². The lowest BCUT2D eigenvalue weighted by molar-refractivity contribution is -0.136. The van der Waals surface area contributed by atoms with E-state index in [0.717, 1.165) is 6.07 Å². The van der Waals surface area contributed by atoms with Gasteiger partial charge in [-0.15, -0.1) is 0 Å². The fraction of sp³-hybridized carbons (Fsp3) is 0.174. The van der Waals surface area contributed by atoms with Gasteiger partial charge >= 0.3 is 12.1 Å². The van der Waals surface area contributed by atoms with E-state index in [0.29, 0.717) is 22.7 Å². The third-order valence-corrected chi connectivity index (χ3v) is 5.16. The number of nitrogens with zero attached hydrogens (tertiary/aromatic N) is 3. The Balaban J connectivity index is 1.99. The molecule has 0 saturated carbocycles. The van der Waals surface area contributed by atoms with Crippen molar-refractivity contribution in [2.75, 3.05) is 14.2 Å². The zero-order chi connectivity index (χ0) is 23.9. The Morgan fingerprint density at radius 1 is 1.00 bits per heavy atom. The molecule has 0 bridgehead atoms. The second-order valence-corrected chi connectivity index (χ2v) is 7.17. The normalized spacial score (nSPS) is 11.6. The zero-order valence-electron chi connectivity index (χ0n) is 17.8. The summed E-state index contributed by atoms with van der Waals surface area (Å²) in [7, 11) is 2.89. The minimum atomic E-state index is -4.65. The number of carbonyl (C=O) groups is 1. The van der Waals surface area contributed by atoms with Gasteiger partial charge in [-0.1, -0.05) is 0 Å². The average Bonchev–Trinajstić information content (AvgIpc) is 3.13. The molecule has 0 spiro atoms. The molecule has 1 N–H and O–H groups in total. The molecule has 0 aliphatic carbocycles. The number of halogens is 3. The first kappa shape index (κ1) is 22.1. The van der Waals surface area contributed by atoms with Crippen LogP contribution in [0.4, 0.5) is 13.2 Å². The molecule has 10 heteroatoms. The highest BCUT2D eigenvalue weighted by Crippen LogP contribution is 2.40. The van der Waals surface area contributed by atoms with Crippen LogP contribution in [0.5, 0.6) is 11.5 Å². The molecule has 170 valence electrons. The lowest BCUT2D eigenvalue weighted by atomic mass is 10.0. The van der Waals surface area contributed by atoms with Crippen molar-refractivity contribution in [2.24, 2.45) is 0 Å². The maximum atomic E-state index is 14.0. The summed E-state index contributed by atoms with van der Waals surface area (Å²) in [6.45, 7) is 1.47. The van der Waals surface area contributed by atoms with E-state index >= 15 is 0 Å².